The van der Waals surface area contributed by atoms with Crippen molar-refractivity contribution >= 4 is 43.7 Å². The summed E-state index contributed by atoms with van der Waals surface area (Å²) in [6, 6.07) is 28.4. The van der Waals surface area contributed by atoms with Crippen molar-refractivity contribution < 1.29 is 28.8 Å². The van der Waals surface area contributed by atoms with Gasteiger partial charge in [0.1, 0.15) is 5.75 Å². The molecule has 0 spiro atoms. The number of amides is 1. The van der Waals surface area contributed by atoms with Crippen molar-refractivity contribution in [2.45, 2.75) is 31.0 Å². The van der Waals surface area contributed by atoms with Crippen LogP contribution >= 0.6 is 31.9 Å². The Morgan fingerprint density at radius 1 is 0.911 bits per heavy atom. The molecule has 10 heteroatoms. The minimum absolute atomic E-state index is 0.0609. The summed E-state index contributed by atoms with van der Waals surface area (Å²) in [5.41, 5.74) is 1.79. The van der Waals surface area contributed by atoms with E-state index in [1.54, 1.807) is 14.2 Å². The molecule has 45 heavy (non-hydrogen) atoms. The number of nitrogens with one attached hydrogen (secondary N) is 1. The zero-order valence-corrected chi connectivity index (χ0v) is 28.1. The number of hydrogen-bond acceptors (Lipinski definition) is 7. The van der Waals surface area contributed by atoms with Gasteiger partial charge in [-0.1, -0.05) is 80.4 Å². The van der Waals surface area contributed by atoms with E-state index in [0.717, 1.165) is 25.6 Å². The van der Waals surface area contributed by atoms with Gasteiger partial charge < -0.3 is 29.4 Å². The molecule has 0 unspecified atom stereocenters. The third-order valence-corrected chi connectivity index (χ3v) is 9.06. The average molecular weight is 738 g/mol. The summed E-state index contributed by atoms with van der Waals surface area (Å²) in [5, 5.41) is 12.2. The number of ether oxygens (including phenoxy) is 4. The minimum atomic E-state index is -1.38. The normalized spacial score (nSPS) is 17.3. The number of benzene rings is 4. The Hall–Kier alpha value is -3.86. The second-order valence-corrected chi connectivity index (χ2v) is 12.1. The average Bonchev–Trinajstić information content (AvgIpc) is 3.45. The van der Waals surface area contributed by atoms with E-state index < -0.39 is 11.6 Å². The first-order valence-corrected chi connectivity index (χ1v) is 16.1. The predicted molar refractivity (Wildman–Crippen MR) is 180 cm³/mol. The number of nitrogens with zero attached hydrogens (tertiary/aromatic N) is 1. The maximum absolute atomic E-state index is 14.6. The minimum Gasteiger partial charge on any atom is -0.494 e. The van der Waals surface area contributed by atoms with E-state index in [-0.39, 0.29) is 25.5 Å². The Morgan fingerprint density at radius 2 is 1.62 bits per heavy atom. The van der Waals surface area contributed by atoms with E-state index in [9.17, 15) is 4.79 Å². The number of carbonyl (C=O) groups is 1. The molecule has 2 atom stereocenters. The first-order valence-electron chi connectivity index (χ1n) is 14.5. The molecule has 0 fully saturated rings. The highest BCUT2D eigenvalue weighted by atomic mass is 79.9. The van der Waals surface area contributed by atoms with Crippen LogP contribution in [0.4, 0.5) is 0 Å². The van der Waals surface area contributed by atoms with Gasteiger partial charge in [0.15, 0.2) is 23.1 Å². The maximum Gasteiger partial charge on any atom is 0.252 e. The van der Waals surface area contributed by atoms with E-state index in [4.69, 9.17) is 29.0 Å². The lowest BCUT2D eigenvalue weighted by Gasteiger charge is -2.31. The van der Waals surface area contributed by atoms with Gasteiger partial charge in [-0.2, -0.15) is 0 Å². The third kappa shape index (κ3) is 7.19. The number of halogens is 2. The van der Waals surface area contributed by atoms with E-state index in [0.29, 0.717) is 41.7 Å². The highest BCUT2D eigenvalue weighted by molar-refractivity contribution is 9.10. The van der Waals surface area contributed by atoms with Gasteiger partial charge >= 0.3 is 0 Å². The van der Waals surface area contributed by atoms with Crippen LogP contribution in [0.1, 0.15) is 34.8 Å². The molecular formula is C35H34Br2N2O6. The quantitative estimate of drug-likeness (QED) is 0.147. The molecule has 5 rings (SSSR count). The van der Waals surface area contributed by atoms with E-state index >= 15 is 0 Å². The van der Waals surface area contributed by atoms with E-state index in [1.807, 2.05) is 91.0 Å². The standard InChI is InChI=1S/C35H34Br2N2O6/c1-42-30-14-7-10-25(31(30)43-2)22-38-34(41)35(21-24-9-3-5-12-28(24)36)32(27-11-4-6-13-29(27)37)45-33(39-35)23-15-17-26(18-16-23)44-20-8-19-40/h3-7,9-18,32,40H,8,19-22H2,1-2H3,(H,38,41)/t32-,35-/m1/s1. The van der Waals surface area contributed by atoms with Crippen molar-refractivity contribution in [3.8, 4) is 17.2 Å². The van der Waals surface area contributed by atoms with Crippen molar-refractivity contribution in [3.05, 3.63) is 122 Å². The molecular weight excluding hydrogens is 704 g/mol. The number of para-hydroxylation sites is 1. The number of aliphatic hydroxyl groups excluding tert-OH is 1. The molecule has 0 bridgehead atoms. The summed E-state index contributed by atoms with van der Waals surface area (Å²) in [6.45, 7) is 0.653. The van der Waals surface area contributed by atoms with Crippen molar-refractivity contribution in [2.24, 2.45) is 4.99 Å². The predicted octanol–water partition coefficient (Wildman–Crippen LogP) is 6.81. The smallest absolute Gasteiger partial charge is 0.252 e. The third-order valence-electron chi connectivity index (χ3n) is 7.56. The molecule has 1 aliphatic heterocycles. The Kier molecular flexibility index (Phi) is 10.8. The molecule has 8 nitrogen and oxygen atoms in total. The van der Waals surface area contributed by atoms with Gasteiger partial charge in [-0.3, -0.25) is 4.79 Å². The van der Waals surface area contributed by atoms with Crippen molar-refractivity contribution in [2.75, 3.05) is 27.4 Å². The maximum atomic E-state index is 14.6. The summed E-state index contributed by atoms with van der Waals surface area (Å²) >= 11 is 7.38. The van der Waals surface area contributed by atoms with Gasteiger partial charge in [-0.25, -0.2) is 4.99 Å². The monoisotopic (exact) mass is 736 g/mol. The lowest BCUT2D eigenvalue weighted by atomic mass is 9.82. The Bertz CT molecular complexity index is 1660. The molecule has 4 aromatic carbocycles. The molecule has 0 saturated carbocycles. The SMILES string of the molecule is COc1cccc(CNC(=O)[C@]2(Cc3ccccc3Br)N=C(c3ccc(OCCCO)cc3)O[C@@H]2c2ccccc2Br)c1OC. The number of aliphatic imine (C=N–C) groups is 1. The van der Waals surface area contributed by atoms with Crippen LogP contribution in [0.5, 0.6) is 17.2 Å². The van der Waals surface area contributed by atoms with Gasteiger partial charge in [0.05, 0.1) is 20.8 Å². The fourth-order valence-corrected chi connectivity index (χ4v) is 6.22. The van der Waals surface area contributed by atoms with Crippen LogP contribution in [0.2, 0.25) is 0 Å². The van der Waals surface area contributed by atoms with Gasteiger partial charge in [-0.05, 0) is 48.0 Å². The number of methoxy groups -OCH3 is 2. The zero-order valence-electron chi connectivity index (χ0n) is 25.0. The van der Waals surface area contributed by atoms with Gasteiger partial charge in [0.25, 0.3) is 5.91 Å². The Morgan fingerprint density at radius 3 is 2.31 bits per heavy atom. The summed E-state index contributed by atoms with van der Waals surface area (Å²) in [7, 11) is 3.15. The van der Waals surface area contributed by atoms with Crippen molar-refractivity contribution in [1.29, 1.82) is 0 Å². The number of rotatable bonds is 13. The molecule has 0 saturated heterocycles. The molecule has 2 N–H and O–H groups in total. The topological polar surface area (TPSA) is 98.6 Å². The lowest BCUT2D eigenvalue weighted by molar-refractivity contribution is -0.129. The van der Waals surface area contributed by atoms with Gasteiger partial charge in [0, 0.05) is 51.6 Å². The number of aliphatic hydroxyl groups is 1. The van der Waals surface area contributed by atoms with E-state index in [2.05, 4.69) is 37.2 Å². The number of hydrogen-bond donors (Lipinski definition) is 2. The molecule has 234 valence electrons. The molecule has 4 aromatic rings. The molecule has 1 amide bonds. The Balaban J connectivity index is 1.58. The fraction of sp³-hybridized carbons (Fsp3) is 0.257. The summed E-state index contributed by atoms with van der Waals surface area (Å²) in [5.74, 6) is 1.83. The summed E-state index contributed by atoms with van der Waals surface area (Å²) < 4.78 is 25.1. The highest BCUT2D eigenvalue weighted by Crippen LogP contribution is 2.45. The summed E-state index contributed by atoms with van der Waals surface area (Å²) in [6.07, 6.45) is 0.0373. The first-order chi connectivity index (χ1) is 21.9. The van der Waals surface area contributed by atoms with Crippen LogP contribution in [0.15, 0.2) is 105 Å². The second kappa shape index (κ2) is 14.9. The Labute approximate surface area is 279 Å². The molecule has 0 aromatic heterocycles. The van der Waals surface area contributed by atoms with Gasteiger partial charge in [-0.15, -0.1) is 0 Å². The zero-order chi connectivity index (χ0) is 31.8. The van der Waals surface area contributed by atoms with Gasteiger partial charge in [0.2, 0.25) is 5.90 Å². The van der Waals surface area contributed by atoms with Crippen LogP contribution < -0.4 is 19.5 Å². The van der Waals surface area contributed by atoms with Crippen LogP contribution in [-0.2, 0) is 22.5 Å². The van der Waals surface area contributed by atoms with Crippen LogP contribution in [-0.4, -0.2) is 49.9 Å². The second-order valence-electron chi connectivity index (χ2n) is 10.4. The van der Waals surface area contributed by atoms with Crippen molar-refractivity contribution in [3.63, 3.8) is 0 Å². The number of carbonyl (C=O) groups excluding carboxylic acids is 1. The fourth-order valence-electron chi connectivity index (χ4n) is 5.30. The van der Waals surface area contributed by atoms with Crippen molar-refractivity contribution in [1.82, 2.24) is 5.32 Å². The molecule has 0 aliphatic carbocycles. The summed E-state index contributed by atoms with van der Waals surface area (Å²) in [4.78, 5) is 19.8. The lowest BCUT2D eigenvalue weighted by Crippen LogP contribution is -2.49. The molecule has 0 radical (unpaired) electrons. The van der Waals surface area contributed by atoms with Crippen LogP contribution in [0.25, 0.3) is 0 Å². The first kappa shape index (κ1) is 32.5. The highest BCUT2D eigenvalue weighted by Gasteiger charge is 2.54. The molecule has 1 aliphatic rings. The van der Waals surface area contributed by atoms with Crippen LogP contribution in [0, 0.1) is 0 Å². The van der Waals surface area contributed by atoms with Crippen LogP contribution in [0.3, 0.4) is 0 Å². The molecule has 1 heterocycles. The van der Waals surface area contributed by atoms with E-state index in [1.165, 1.54) is 0 Å². The largest absolute Gasteiger partial charge is 0.494 e.